The molecule has 0 unspecified atom stereocenters. The predicted molar refractivity (Wildman–Crippen MR) is 101 cm³/mol. The Balaban J connectivity index is 0.00000113. The summed E-state index contributed by atoms with van der Waals surface area (Å²) in [7, 11) is 1.75. The second-order valence-electron chi connectivity index (χ2n) is 6.58. The molecule has 2 aromatic rings. The monoisotopic (exact) mass is 387 g/mol. The predicted octanol–water partition coefficient (Wildman–Crippen LogP) is 1.46. The number of aromatic amines is 1. The summed E-state index contributed by atoms with van der Waals surface area (Å²) in [6.07, 6.45) is 4.22. The van der Waals surface area contributed by atoms with E-state index in [1.165, 1.54) is 0 Å². The van der Waals surface area contributed by atoms with Gasteiger partial charge in [0.1, 0.15) is 0 Å². The molecule has 138 valence electrons. The lowest BCUT2D eigenvalue weighted by atomic mass is 10.1. The Morgan fingerprint density at radius 2 is 2.08 bits per heavy atom. The van der Waals surface area contributed by atoms with Crippen LogP contribution in [0.4, 0.5) is 0 Å². The molecule has 1 aliphatic carbocycles. The van der Waals surface area contributed by atoms with Crippen molar-refractivity contribution >= 4 is 41.8 Å². The molecule has 1 aliphatic heterocycles. The fourth-order valence-corrected chi connectivity index (χ4v) is 3.28. The van der Waals surface area contributed by atoms with Gasteiger partial charge in [-0.3, -0.25) is 19.4 Å². The van der Waals surface area contributed by atoms with Gasteiger partial charge in [0.15, 0.2) is 5.65 Å². The minimum atomic E-state index is -0.260. The smallest absolute Gasteiger partial charge is 0.274 e. The number of amides is 1. The number of rotatable bonds is 3. The van der Waals surface area contributed by atoms with Crippen molar-refractivity contribution in [3.8, 4) is 0 Å². The highest BCUT2D eigenvalue weighted by Gasteiger charge is 2.29. The zero-order valence-electron chi connectivity index (χ0n) is 14.0. The summed E-state index contributed by atoms with van der Waals surface area (Å²) in [4.78, 5) is 29.5. The number of piperidine rings is 1. The molecule has 3 N–H and O–H groups in total. The van der Waals surface area contributed by atoms with Gasteiger partial charge >= 0.3 is 0 Å². The van der Waals surface area contributed by atoms with Crippen LogP contribution in [0.25, 0.3) is 11.0 Å². The summed E-state index contributed by atoms with van der Waals surface area (Å²) in [5.41, 5.74) is 1.67. The number of H-pyrrole nitrogens is 1. The maximum atomic E-state index is 12.8. The van der Waals surface area contributed by atoms with Crippen LogP contribution in [0.15, 0.2) is 10.9 Å². The average Bonchev–Trinajstić information content (AvgIpc) is 3.35. The molecule has 4 rings (SSSR count). The second-order valence-corrected chi connectivity index (χ2v) is 6.58. The van der Waals surface area contributed by atoms with Gasteiger partial charge in [-0.15, -0.1) is 24.8 Å². The Morgan fingerprint density at radius 3 is 2.72 bits per heavy atom. The molecule has 0 aromatic carbocycles. The quantitative estimate of drug-likeness (QED) is 0.743. The van der Waals surface area contributed by atoms with Crippen molar-refractivity contribution < 1.29 is 4.79 Å². The number of carbonyl (C=O) groups excluding carboxylic acids is 1. The molecule has 0 spiro atoms. The van der Waals surface area contributed by atoms with Gasteiger partial charge in [-0.1, -0.05) is 0 Å². The third kappa shape index (κ3) is 3.83. The number of aromatic nitrogens is 3. The Labute approximate surface area is 157 Å². The maximum Gasteiger partial charge on any atom is 0.274 e. The van der Waals surface area contributed by atoms with E-state index in [1.807, 2.05) is 0 Å². The Morgan fingerprint density at radius 1 is 1.32 bits per heavy atom. The Hall–Kier alpha value is -1.57. The van der Waals surface area contributed by atoms with Crippen molar-refractivity contribution in [2.45, 2.75) is 37.6 Å². The van der Waals surface area contributed by atoms with Crippen LogP contribution in [-0.4, -0.2) is 39.8 Å². The number of nitrogens with one attached hydrogen (secondary N) is 3. The van der Waals surface area contributed by atoms with E-state index in [4.69, 9.17) is 0 Å². The number of aryl methyl sites for hydroxylation is 1. The molecule has 1 saturated heterocycles. The topological polar surface area (TPSA) is 91.8 Å². The third-order valence-corrected chi connectivity index (χ3v) is 4.71. The first kappa shape index (κ1) is 19.8. The van der Waals surface area contributed by atoms with Gasteiger partial charge < -0.3 is 10.6 Å². The highest BCUT2D eigenvalue weighted by atomic mass is 35.5. The lowest BCUT2D eigenvalue weighted by Crippen LogP contribution is -2.45. The van der Waals surface area contributed by atoms with Crippen molar-refractivity contribution in [1.82, 2.24) is 25.4 Å². The summed E-state index contributed by atoms with van der Waals surface area (Å²) < 4.78 is 1.60. The van der Waals surface area contributed by atoms with Crippen molar-refractivity contribution in [1.29, 1.82) is 0 Å². The summed E-state index contributed by atoms with van der Waals surface area (Å²) in [6, 6.07) is 1.92. The van der Waals surface area contributed by atoms with Crippen LogP contribution < -0.4 is 16.2 Å². The first-order chi connectivity index (χ1) is 11.1. The second kappa shape index (κ2) is 7.76. The van der Waals surface area contributed by atoms with Crippen molar-refractivity contribution in [2.75, 3.05) is 13.1 Å². The van der Waals surface area contributed by atoms with E-state index in [0.717, 1.165) is 44.5 Å². The van der Waals surface area contributed by atoms with Crippen LogP contribution in [-0.2, 0) is 7.05 Å². The van der Waals surface area contributed by atoms with E-state index in [9.17, 15) is 9.59 Å². The maximum absolute atomic E-state index is 12.8. The fraction of sp³-hybridized carbons (Fsp3) is 0.562. The van der Waals surface area contributed by atoms with E-state index < -0.39 is 0 Å². The molecule has 0 radical (unpaired) electrons. The fourth-order valence-electron chi connectivity index (χ4n) is 3.28. The van der Waals surface area contributed by atoms with Gasteiger partial charge in [0.05, 0.1) is 10.9 Å². The van der Waals surface area contributed by atoms with Gasteiger partial charge in [0, 0.05) is 31.2 Å². The Kier molecular flexibility index (Phi) is 6.13. The molecule has 2 aromatic heterocycles. The molecule has 1 atom stereocenters. The van der Waals surface area contributed by atoms with Gasteiger partial charge in [0.2, 0.25) is 0 Å². The van der Waals surface area contributed by atoms with Gasteiger partial charge in [-0.25, -0.2) is 4.98 Å². The number of halogens is 2. The van der Waals surface area contributed by atoms with Crippen LogP contribution in [0, 0.1) is 0 Å². The minimum Gasteiger partial charge on any atom is -0.348 e. The van der Waals surface area contributed by atoms with Gasteiger partial charge in [-0.2, -0.15) is 0 Å². The molecule has 9 heteroatoms. The van der Waals surface area contributed by atoms with E-state index in [-0.39, 0.29) is 42.3 Å². The minimum absolute atomic E-state index is 0. The molecule has 0 bridgehead atoms. The molecule has 1 saturated carbocycles. The van der Waals surface area contributed by atoms with E-state index >= 15 is 0 Å². The standard InChI is InChI=1S/C16H21N5O2.2ClH/c1-21-14-13(16(23)20-21)11(7-12(19-14)9-4-5-9)15(22)18-10-3-2-6-17-8-10;;/h7,9-10,17H,2-6,8H2,1H3,(H,18,22)(H,20,23);2*1H/t10-;;/m0../s1. The summed E-state index contributed by atoms with van der Waals surface area (Å²) in [5.74, 6) is 0.247. The molecular weight excluding hydrogens is 365 g/mol. The third-order valence-electron chi connectivity index (χ3n) is 4.71. The number of nitrogens with zero attached hydrogens (tertiary/aromatic N) is 2. The highest BCUT2D eigenvalue weighted by Crippen LogP contribution is 2.39. The normalized spacial score (nSPS) is 19.8. The lowest BCUT2D eigenvalue weighted by Gasteiger charge is -2.24. The van der Waals surface area contributed by atoms with Crippen LogP contribution in [0.2, 0.25) is 0 Å². The zero-order chi connectivity index (χ0) is 16.0. The molecule has 7 nitrogen and oxygen atoms in total. The highest BCUT2D eigenvalue weighted by molar-refractivity contribution is 6.05. The molecular formula is C16H23Cl2N5O2. The number of carbonyl (C=O) groups is 1. The molecule has 2 aliphatic rings. The van der Waals surface area contributed by atoms with Crippen LogP contribution in [0.1, 0.15) is 47.7 Å². The van der Waals surface area contributed by atoms with Crippen molar-refractivity contribution in [3.63, 3.8) is 0 Å². The summed E-state index contributed by atoms with van der Waals surface area (Å²) in [6.45, 7) is 1.77. The number of fused-ring (bicyclic) bond motifs is 1. The van der Waals surface area contributed by atoms with Gasteiger partial charge in [0.25, 0.3) is 11.5 Å². The average molecular weight is 388 g/mol. The van der Waals surface area contributed by atoms with E-state index in [1.54, 1.807) is 17.8 Å². The first-order valence-electron chi connectivity index (χ1n) is 8.24. The molecule has 2 fully saturated rings. The lowest BCUT2D eigenvalue weighted by molar-refractivity contribution is 0.0932. The summed E-state index contributed by atoms with van der Waals surface area (Å²) >= 11 is 0. The Bertz CT molecular complexity index is 822. The zero-order valence-corrected chi connectivity index (χ0v) is 15.6. The molecule has 3 heterocycles. The van der Waals surface area contributed by atoms with Crippen molar-refractivity contribution in [2.24, 2.45) is 7.05 Å². The molecule has 1 amide bonds. The number of pyridine rings is 1. The van der Waals surface area contributed by atoms with E-state index in [2.05, 4.69) is 20.7 Å². The summed E-state index contributed by atoms with van der Waals surface area (Å²) in [5, 5.41) is 9.44. The first-order valence-corrected chi connectivity index (χ1v) is 8.24. The number of hydrogen-bond donors (Lipinski definition) is 3. The van der Waals surface area contributed by atoms with Crippen LogP contribution in [0.3, 0.4) is 0 Å². The van der Waals surface area contributed by atoms with Crippen molar-refractivity contribution in [3.05, 3.63) is 27.7 Å². The largest absolute Gasteiger partial charge is 0.348 e. The molecule has 25 heavy (non-hydrogen) atoms. The van der Waals surface area contributed by atoms with Crippen LogP contribution >= 0.6 is 24.8 Å². The van der Waals surface area contributed by atoms with Gasteiger partial charge in [-0.05, 0) is 38.3 Å². The SMILES string of the molecule is Cl.Cl.Cn1[nH]c(=O)c2c(C(=O)N[C@H]3CCCNC3)cc(C3CC3)nc21. The number of hydrogen-bond acceptors (Lipinski definition) is 4. The van der Waals surface area contributed by atoms with E-state index in [0.29, 0.717) is 22.5 Å². The van der Waals surface area contributed by atoms with Crippen LogP contribution in [0.5, 0.6) is 0 Å².